The van der Waals surface area contributed by atoms with Gasteiger partial charge in [-0.05, 0) is 31.6 Å². The SMILES string of the molecule is CCCCCCCCCCCCCCCCCC([O-])=NCCC[N+](CCCC)(CCCC)Cc1ccccc1.Cl. The maximum absolute atomic E-state index is 12.4. The standard InChI is InChI=1S/C36H66N2O.ClH/c1-4-7-10-11-12-13-14-15-16-17-18-19-20-21-25-29-36(39)37-30-26-33-38(31-8-5-2,32-9-6-3)34-35-27-23-22-24-28-35;/h22-24,27-28H,4-21,25-26,29-34H2,1-3H3;1H. The fourth-order valence-corrected chi connectivity index (χ4v) is 5.87. The quantitative estimate of drug-likeness (QED) is 0.0421. The number of halogens is 1. The van der Waals surface area contributed by atoms with Crippen LogP contribution in [0.3, 0.4) is 0 Å². The van der Waals surface area contributed by atoms with Gasteiger partial charge in [-0.2, -0.15) is 0 Å². The summed E-state index contributed by atoms with van der Waals surface area (Å²) >= 11 is 0. The van der Waals surface area contributed by atoms with Crippen LogP contribution < -0.4 is 5.11 Å². The maximum atomic E-state index is 12.4. The minimum Gasteiger partial charge on any atom is -0.862 e. The van der Waals surface area contributed by atoms with E-state index in [1.807, 2.05) is 0 Å². The van der Waals surface area contributed by atoms with E-state index in [4.69, 9.17) is 0 Å². The molecule has 0 saturated heterocycles. The van der Waals surface area contributed by atoms with E-state index in [0.717, 1.165) is 30.4 Å². The van der Waals surface area contributed by atoms with E-state index in [9.17, 15) is 5.11 Å². The van der Waals surface area contributed by atoms with E-state index in [2.05, 4.69) is 56.1 Å². The summed E-state index contributed by atoms with van der Waals surface area (Å²) in [7, 11) is 0. The van der Waals surface area contributed by atoms with Crippen molar-refractivity contribution in [2.24, 2.45) is 4.99 Å². The van der Waals surface area contributed by atoms with Gasteiger partial charge in [0.2, 0.25) is 0 Å². The second kappa shape index (κ2) is 28.1. The van der Waals surface area contributed by atoms with Crippen LogP contribution >= 0.6 is 12.4 Å². The highest BCUT2D eigenvalue weighted by Gasteiger charge is 2.26. The summed E-state index contributed by atoms with van der Waals surface area (Å²) in [4.78, 5) is 4.45. The Bertz CT molecular complexity index is 671. The second-order valence-electron chi connectivity index (χ2n) is 12.2. The molecule has 0 heterocycles. The summed E-state index contributed by atoms with van der Waals surface area (Å²) < 4.78 is 1.15. The molecule has 0 N–H and O–H groups in total. The van der Waals surface area contributed by atoms with Crippen molar-refractivity contribution in [3.63, 3.8) is 0 Å². The molecule has 3 nitrogen and oxygen atoms in total. The second-order valence-corrected chi connectivity index (χ2v) is 12.2. The van der Waals surface area contributed by atoms with Crippen LogP contribution in [0.5, 0.6) is 0 Å². The lowest BCUT2D eigenvalue weighted by Crippen LogP contribution is -2.49. The summed E-state index contributed by atoms with van der Waals surface area (Å²) in [5.41, 5.74) is 1.44. The highest BCUT2D eigenvalue weighted by atomic mass is 35.5. The third-order valence-electron chi connectivity index (χ3n) is 8.41. The lowest BCUT2D eigenvalue weighted by atomic mass is 10.0. The first-order valence-corrected chi connectivity index (χ1v) is 17.2. The van der Waals surface area contributed by atoms with E-state index < -0.39 is 0 Å². The predicted octanol–water partition coefficient (Wildman–Crippen LogP) is 10.4. The Morgan fingerprint density at radius 1 is 0.575 bits per heavy atom. The molecule has 234 valence electrons. The minimum absolute atomic E-state index is 0. The molecule has 0 atom stereocenters. The number of benzene rings is 1. The van der Waals surface area contributed by atoms with Crippen molar-refractivity contribution in [1.82, 2.24) is 0 Å². The van der Waals surface area contributed by atoms with Crippen molar-refractivity contribution in [2.45, 2.75) is 162 Å². The Hall–Kier alpha value is -1.06. The summed E-state index contributed by atoms with van der Waals surface area (Å²) in [5, 5.41) is 12.4. The van der Waals surface area contributed by atoms with Crippen LogP contribution in [0, 0.1) is 0 Å². The summed E-state index contributed by atoms with van der Waals surface area (Å²) in [6.45, 7) is 12.3. The molecule has 1 aromatic rings. The fraction of sp³-hybridized carbons (Fsp3) is 0.806. The molecular formula is C36H67ClN2O. The molecule has 0 saturated carbocycles. The molecular weight excluding hydrogens is 512 g/mol. The van der Waals surface area contributed by atoms with E-state index in [1.54, 1.807) is 0 Å². The summed E-state index contributed by atoms with van der Waals surface area (Å²) in [6, 6.07) is 11.0. The van der Waals surface area contributed by atoms with Crippen LogP contribution in [0.15, 0.2) is 35.3 Å². The van der Waals surface area contributed by atoms with Gasteiger partial charge < -0.3 is 14.6 Å². The smallest absolute Gasteiger partial charge is 0.104 e. The van der Waals surface area contributed by atoms with Gasteiger partial charge in [-0.3, -0.25) is 0 Å². The minimum atomic E-state index is 0. The topological polar surface area (TPSA) is 35.4 Å². The van der Waals surface area contributed by atoms with Gasteiger partial charge in [-0.1, -0.05) is 154 Å². The lowest BCUT2D eigenvalue weighted by Gasteiger charge is -2.39. The number of aliphatic imine (C=N–C) groups is 1. The maximum Gasteiger partial charge on any atom is 0.104 e. The highest BCUT2D eigenvalue weighted by Crippen LogP contribution is 2.20. The normalized spacial score (nSPS) is 12.0. The highest BCUT2D eigenvalue weighted by molar-refractivity contribution is 5.85. The van der Waals surface area contributed by atoms with Gasteiger partial charge in [0.05, 0.1) is 19.6 Å². The van der Waals surface area contributed by atoms with Crippen molar-refractivity contribution < 1.29 is 9.59 Å². The van der Waals surface area contributed by atoms with Crippen molar-refractivity contribution in [1.29, 1.82) is 0 Å². The molecule has 0 aliphatic heterocycles. The lowest BCUT2D eigenvalue weighted by molar-refractivity contribution is -0.941. The molecule has 4 heteroatoms. The first-order chi connectivity index (χ1) is 19.2. The Balaban J connectivity index is 0.0000152. The molecule has 40 heavy (non-hydrogen) atoms. The van der Waals surface area contributed by atoms with Gasteiger partial charge in [-0.25, -0.2) is 0 Å². The van der Waals surface area contributed by atoms with Gasteiger partial charge in [0.15, 0.2) is 0 Å². The third kappa shape index (κ3) is 21.7. The Labute approximate surface area is 256 Å². The van der Waals surface area contributed by atoms with Crippen LogP contribution in [0.2, 0.25) is 0 Å². The zero-order chi connectivity index (χ0) is 28.3. The number of rotatable bonds is 28. The molecule has 0 radical (unpaired) electrons. The number of unbranched alkanes of at least 4 members (excludes halogenated alkanes) is 16. The zero-order valence-corrected chi connectivity index (χ0v) is 27.8. The van der Waals surface area contributed by atoms with Crippen LogP contribution in [0.25, 0.3) is 0 Å². The van der Waals surface area contributed by atoms with Gasteiger partial charge in [-0.15, -0.1) is 12.4 Å². The molecule has 0 aliphatic rings. The van der Waals surface area contributed by atoms with Gasteiger partial charge in [0.25, 0.3) is 0 Å². The van der Waals surface area contributed by atoms with E-state index in [1.165, 1.54) is 134 Å². The van der Waals surface area contributed by atoms with Crippen molar-refractivity contribution in [3.05, 3.63) is 35.9 Å². The number of hydrogen-bond donors (Lipinski definition) is 0. The van der Waals surface area contributed by atoms with Gasteiger partial charge >= 0.3 is 0 Å². The first-order valence-electron chi connectivity index (χ1n) is 17.2. The largest absolute Gasteiger partial charge is 0.862 e. The Morgan fingerprint density at radius 3 is 1.48 bits per heavy atom. The van der Waals surface area contributed by atoms with E-state index >= 15 is 0 Å². The van der Waals surface area contributed by atoms with Crippen molar-refractivity contribution in [3.8, 4) is 0 Å². The molecule has 0 amide bonds. The Morgan fingerprint density at radius 2 is 1.00 bits per heavy atom. The molecule has 0 unspecified atom stereocenters. The molecule has 0 fully saturated rings. The van der Waals surface area contributed by atoms with Crippen molar-refractivity contribution in [2.75, 3.05) is 26.2 Å². The molecule has 0 aliphatic carbocycles. The van der Waals surface area contributed by atoms with Crippen LogP contribution in [-0.4, -0.2) is 36.6 Å². The Kier molecular flexibility index (Phi) is 27.3. The fourth-order valence-electron chi connectivity index (χ4n) is 5.87. The van der Waals surface area contributed by atoms with Gasteiger partial charge in [0.1, 0.15) is 6.54 Å². The number of quaternary nitrogens is 1. The van der Waals surface area contributed by atoms with Crippen LogP contribution in [0.4, 0.5) is 0 Å². The molecule has 1 rings (SSSR count). The van der Waals surface area contributed by atoms with E-state index in [0.29, 0.717) is 13.0 Å². The van der Waals surface area contributed by atoms with Crippen LogP contribution in [-0.2, 0) is 6.54 Å². The zero-order valence-electron chi connectivity index (χ0n) is 27.0. The first kappa shape index (κ1) is 38.9. The summed E-state index contributed by atoms with van der Waals surface area (Å²) in [5.74, 6) is 0.132. The third-order valence-corrected chi connectivity index (χ3v) is 8.41. The molecule has 1 aromatic carbocycles. The monoisotopic (exact) mass is 578 g/mol. The number of nitrogens with zero attached hydrogens (tertiary/aromatic N) is 2. The average molecular weight is 579 g/mol. The predicted molar refractivity (Wildman–Crippen MR) is 179 cm³/mol. The average Bonchev–Trinajstić information content (AvgIpc) is 2.95. The molecule has 0 spiro atoms. The number of hydrogen-bond acceptors (Lipinski definition) is 2. The van der Waals surface area contributed by atoms with Crippen molar-refractivity contribution >= 4 is 18.3 Å². The van der Waals surface area contributed by atoms with E-state index in [-0.39, 0.29) is 18.3 Å². The van der Waals surface area contributed by atoms with Gasteiger partial charge in [0, 0.05) is 18.5 Å². The summed E-state index contributed by atoms with van der Waals surface area (Å²) in [6.07, 6.45) is 27.0. The molecule has 0 aromatic heterocycles. The molecule has 0 bridgehead atoms. The van der Waals surface area contributed by atoms with Crippen LogP contribution in [0.1, 0.15) is 161 Å².